The molecule has 3 aliphatic rings. The van der Waals surface area contributed by atoms with E-state index in [4.69, 9.17) is 9.47 Å². The molecule has 3 unspecified atom stereocenters. The second-order valence-electron chi connectivity index (χ2n) is 8.08. The van der Waals surface area contributed by atoms with E-state index >= 15 is 0 Å². The van der Waals surface area contributed by atoms with Gasteiger partial charge in [-0.2, -0.15) is 0 Å². The van der Waals surface area contributed by atoms with Gasteiger partial charge in [0.25, 0.3) is 0 Å². The molecule has 2 saturated heterocycles. The van der Waals surface area contributed by atoms with Crippen molar-refractivity contribution in [3.63, 3.8) is 0 Å². The molecule has 3 atom stereocenters. The number of hydrogen-bond donors (Lipinski definition) is 0. The topological polar surface area (TPSA) is 42.0 Å². The molecule has 1 aromatic rings. The number of piperidine rings is 2. The first-order valence-electron chi connectivity index (χ1n) is 9.89. The van der Waals surface area contributed by atoms with E-state index in [1.807, 2.05) is 0 Å². The fraction of sp³-hybridized carbons (Fsp3) is 0.667. The molecule has 0 radical (unpaired) electrons. The third-order valence-corrected chi connectivity index (χ3v) is 6.48. The lowest BCUT2D eigenvalue weighted by molar-refractivity contribution is -0.139. The second kappa shape index (κ2) is 7.10. The van der Waals surface area contributed by atoms with Gasteiger partial charge in [-0.25, -0.2) is 0 Å². The molecule has 3 heterocycles. The van der Waals surface area contributed by atoms with E-state index in [2.05, 4.69) is 28.9 Å². The number of hydrogen-bond acceptors (Lipinski definition) is 4. The van der Waals surface area contributed by atoms with Gasteiger partial charge >= 0.3 is 0 Å². The predicted molar refractivity (Wildman–Crippen MR) is 101 cm³/mol. The van der Waals surface area contributed by atoms with Gasteiger partial charge < -0.3 is 14.4 Å². The summed E-state index contributed by atoms with van der Waals surface area (Å²) in [5.74, 6) is 2.53. The number of benzene rings is 1. The summed E-state index contributed by atoms with van der Waals surface area (Å²) in [6, 6.07) is 5.13. The monoisotopic (exact) mass is 358 g/mol. The van der Waals surface area contributed by atoms with Crippen LogP contribution in [0.5, 0.6) is 11.5 Å². The summed E-state index contributed by atoms with van der Waals surface area (Å²) in [6.45, 7) is 5.18. The molecule has 1 amide bonds. The summed E-state index contributed by atoms with van der Waals surface area (Å²) in [6.07, 6.45) is 5.09. The summed E-state index contributed by atoms with van der Waals surface area (Å²) < 4.78 is 11.0. The fourth-order valence-corrected chi connectivity index (χ4v) is 4.99. The first-order valence-corrected chi connectivity index (χ1v) is 9.89. The first-order chi connectivity index (χ1) is 12.6. The average molecular weight is 358 g/mol. The van der Waals surface area contributed by atoms with Crippen molar-refractivity contribution in [1.29, 1.82) is 0 Å². The highest BCUT2D eigenvalue weighted by Crippen LogP contribution is 2.42. The summed E-state index contributed by atoms with van der Waals surface area (Å²) in [5, 5.41) is 0. The van der Waals surface area contributed by atoms with Gasteiger partial charge in [0.2, 0.25) is 5.91 Å². The summed E-state index contributed by atoms with van der Waals surface area (Å²) in [5.41, 5.74) is 2.76. The Hall–Kier alpha value is -1.75. The van der Waals surface area contributed by atoms with Gasteiger partial charge in [0.05, 0.1) is 14.2 Å². The standard InChI is InChI=1S/C21H30N2O3/c1-14-6-9-23(21(24)10-14)16-4-5-18-17-12-20(26-3)19(25-2)11-15(17)7-8-22(18)13-16/h11-12,14,16,18H,4-10,13H2,1-3H3. The molecule has 3 aliphatic heterocycles. The largest absolute Gasteiger partial charge is 0.493 e. The van der Waals surface area contributed by atoms with Crippen molar-refractivity contribution in [2.24, 2.45) is 5.92 Å². The minimum Gasteiger partial charge on any atom is -0.493 e. The zero-order chi connectivity index (χ0) is 18.3. The smallest absolute Gasteiger partial charge is 0.223 e. The number of amides is 1. The highest BCUT2D eigenvalue weighted by Gasteiger charge is 2.38. The van der Waals surface area contributed by atoms with Crippen LogP contribution in [0.1, 0.15) is 49.8 Å². The maximum absolute atomic E-state index is 12.5. The molecule has 0 spiro atoms. The molecule has 0 aromatic heterocycles. The van der Waals surface area contributed by atoms with Crippen molar-refractivity contribution >= 4 is 5.91 Å². The summed E-state index contributed by atoms with van der Waals surface area (Å²) >= 11 is 0. The van der Waals surface area contributed by atoms with Gasteiger partial charge in [-0.15, -0.1) is 0 Å². The van der Waals surface area contributed by atoms with Crippen LogP contribution in [0, 0.1) is 5.92 Å². The van der Waals surface area contributed by atoms with Crippen LogP contribution in [0.15, 0.2) is 12.1 Å². The molecular formula is C21H30N2O3. The third kappa shape index (κ3) is 3.07. The van der Waals surface area contributed by atoms with Crippen LogP contribution in [-0.4, -0.2) is 55.6 Å². The number of methoxy groups -OCH3 is 2. The second-order valence-corrected chi connectivity index (χ2v) is 8.08. The van der Waals surface area contributed by atoms with E-state index in [0.29, 0.717) is 23.9 Å². The minimum atomic E-state index is 0.357. The van der Waals surface area contributed by atoms with Crippen molar-refractivity contribution in [3.8, 4) is 11.5 Å². The van der Waals surface area contributed by atoms with Gasteiger partial charge in [0.15, 0.2) is 11.5 Å². The van der Waals surface area contributed by atoms with Crippen LogP contribution in [0.2, 0.25) is 0 Å². The Kier molecular flexibility index (Phi) is 4.82. The highest BCUT2D eigenvalue weighted by molar-refractivity contribution is 5.77. The Balaban J connectivity index is 1.52. The van der Waals surface area contributed by atoms with E-state index in [9.17, 15) is 4.79 Å². The van der Waals surface area contributed by atoms with Gasteiger partial charge in [0, 0.05) is 38.1 Å². The van der Waals surface area contributed by atoms with E-state index < -0.39 is 0 Å². The van der Waals surface area contributed by atoms with Crippen LogP contribution in [0.25, 0.3) is 0 Å². The zero-order valence-electron chi connectivity index (χ0n) is 16.2. The van der Waals surface area contributed by atoms with Crippen molar-refractivity contribution < 1.29 is 14.3 Å². The molecule has 4 rings (SSSR count). The molecule has 26 heavy (non-hydrogen) atoms. The van der Waals surface area contributed by atoms with E-state index in [0.717, 1.165) is 63.2 Å². The quantitative estimate of drug-likeness (QED) is 0.833. The van der Waals surface area contributed by atoms with Gasteiger partial charge in [-0.05, 0) is 54.9 Å². The SMILES string of the molecule is COc1cc2c(cc1OC)C1CCC(N3CCC(C)CC3=O)CN1CC2. The van der Waals surface area contributed by atoms with Crippen LogP contribution in [0.4, 0.5) is 0 Å². The molecule has 2 fully saturated rings. The molecule has 1 aromatic carbocycles. The minimum absolute atomic E-state index is 0.357. The van der Waals surface area contributed by atoms with E-state index in [-0.39, 0.29) is 0 Å². The van der Waals surface area contributed by atoms with Gasteiger partial charge in [0.1, 0.15) is 0 Å². The molecule has 5 heteroatoms. The van der Waals surface area contributed by atoms with Crippen molar-refractivity contribution in [2.45, 2.75) is 51.1 Å². The van der Waals surface area contributed by atoms with Crippen molar-refractivity contribution in [1.82, 2.24) is 9.80 Å². The average Bonchev–Trinajstić information content (AvgIpc) is 2.66. The Bertz CT molecular complexity index is 690. The number of carbonyl (C=O) groups is 1. The molecule has 0 N–H and O–H groups in total. The van der Waals surface area contributed by atoms with Crippen LogP contribution in [-0.2, 0) is 11.2 Å². The number of likely N-dealkylation sites (tertiary alicyclic amines) is 1. The molecule has 0 aliphatic carbocycles. The van der Waals surface area contributed by atoms with E-state index in [1.165, 1.54) is 11.1 Å². The molecule has 0 saturated carbocycles. The van der Waals surface area contributed by atoms with Crippen LogP contribution < -0.4 is 9.47 Å². The molecule has 0 bridgehead atoms. The normalized spacial score (nSPS) is 29.1. The highest BCUT2D eigenvalue weighted by atomic mass is 16.5. The number of carbonyl (C=O) groups excluding carboxylic acids is 1. The molecule has 142 valence electrons. The maximum atomic E-state index is 12.5. The predicted octanol–water partition coefficient (Wildman–Crippen LogP) is 3.02. The van der Waals surface area contributed by atoms with Gasteiger partial charge in [-0.1, -0.05) is 6.92 Å². The number of nitrogens with zero attached hydrogens (tertiary/aromatic N) is 2. The van der Waals surface area contributed by atoms with Crippen LogP contribution in [0.3, 0.4) is 0 Å². The Labute approximate surface area is 156 Å². The summed E-state index contributed by atoms with van der Waals surface area (Å²) in [4.78, 5) is 17.2. The molecule has 5 nitrogen and oxygen atoms in total. The lowest BCUT2D eigenvalue weighted by atomic mass is 9.84. The fourth-order valence-electron chi connectivity index (χ4n) is 4.99. The number of fused-ring (bicyclic) bond motifs is 3. The van der Waals surface area contributed by atoms with E-state index in [1.54, 1.807) is 14.2 Å². The maximum Gasteiger partial charge on any atom is 0.223 e. The third-order valence-electron chi connectivity index (χ3n) is 6.48. The number of rotatable bonds is 3. The summed E-state index contributed by atoms with van der Waals surface area (Å²) in [7, 11) is 3.39. The first kappa shape index (κ1) is 17.7. The molecular weight excluding hydrogens is 328 g/mol. The Morgan fingerprint density at radius 2 is 1.81 bits per heavy atom. The van der Waals surface area contributed by atoms with Crippen LogP contribution >= 0.6 is 0 Å². The lowest BCUT2D eigenvalue weighted by Crippen LogP contribution is -2.54. The Morgan fingerprint density at radius 3 is 2.54 bits per heavy atom. The van der Waals surface area contributed by atoms with Gasteiger partial charge in [-0.3, -0.25) is 9.69 Å². The Morgan fingerprint density at radius 1 is 1.04 bits per heavy atom. The number of ether oxygens (including phenoxy) is 2. The zero-order valence-corrected chi connectivity index (χ0v) is 16.2. The van der Waals surface area contributed by atoms with Crippen molar-refractivity contribution in [3.05, 3.63) is 23.3 Å². The lowest BCUT2D eigenvalue weighted by Gasteiger charge is -2.47. The van der Waals surface area contributed by atoms with Crippen molar-refractivity contribution in [2.75, 3.05) is 33.9 Å².